The van der Waals surface area contributed by atoms with Crippen LogP contribution in [-0.2, 0) is 28.9 Å². The molecule has 1 N–H and O–H groups in total. The van der Waals surface area contributed by atoms with Gasteiger partial charge in [-0.05, 0) is 35.7 Å². The molecular weight excluding hydrogens is 330 g/mol. The highest BCUT2D eigenvalue weighted by atomic mass is 16.5. The summed E-state index contributed by atoms with van der Waals surface area (Å²) in [5.41, 5.74) is 4.29. The van der Waals surface area contributed by atoms with E-state index >= 15 is 0 Å². The zero-order valence-electron chi connectivity index (χ0n) is 14.9. The van der Waals surface area contributed by atoms with E-state index in [0.29, 0.717) is 12.1 Å². The molecule has 1 amide bonds. The molecule has 2 aromatic carbocycles. The van der Waals surface area contributed by atoms with Gasteiger partial charge in [0.05, 0.1) is 25.4 Å². The van der Waals surface area contributed by atoms with E-state index in [-0.39, 0.29) is 18.3 Å². The number of benzene rings is 2. The van der Waals surface area contributed by atoms with E-state index in [1.165, 1.54) is 12.7 Å². The van der Waals surface area contributed by atoms with Crippen LogP contribution in [0.4, 0.5) is 0 Å². The Hall–Kier alpha value is -3.08. The molecule has 0 fully saturated rings. The maximum Gasteiger partial charge on any atom is 0.337 e. The van der Waals surface area contributed by atoms with E-state index in [4.69, 9.17) is 4.42 Å². The summed E-state index contributed by atoms with van der Waals surface area (Å²) in [5.74, 6) is -0.456. The molecule has 0 aliphatic carbocycles. The zero-order chi connectivity index (χ0) is 18.5. The Balaban J connectivity index is 1.60. The first-order valence-electron chi connectivity index (χ1n) is 8.53. The SMILES string of the molecule is CCc1ccc2c(CC(=O)NCc3ccc(C(=O)OC)cc3)coc2c1. The Morgan fingerprint density at radius 3 is 2.50 bits per heavy atom. The van der Waals surface area contributed by atoms with E-state index in [0.717, 1.165) is 28.5 Å². The van der Waals surface area contributed by atoms with E-state index in [2.05, 4.69) is 23.0 Å². The van der Waals surface area contributed by atoms with Crippen molar-refractivity contribution in [2.45, 2.75) is 26.3 Å². The highest BCUT2D eigenvalue weighted by Gasteiger charge is 2.11. The van der Waals surface area contributed by atoms with Crippen molar-refractivity contribution >= 4 is 22.8 Å². The summed E-state index contributed by atoms with van der Waals surface area (Å²) in [6.45, 7) is 2.49. The van der Waals surface area contributed by atoms with Gasteiger partial charge in [0.2, 0.25) is 5.91 Å². The summed E-state index contributed by atoms with van der Waals surface area (Å²) in [4.78, 5) is 23.7. The fraction of sp³-hybridized carbons (Fsp3) is 0.238. The van der Waals surface area contributed by atoms with Gasteiger partial charge in [0.1, 0.15) is 5.58 Å². The van der Waals surface area contributed by atoms with Gasteiger partial charge in [0, 0.05) is 17.5 Å². The number of fused-ring (bicyclic) bond motifs is 1. The Morgan fingerprint density at radius 1 is 1.08 bits per heavy atom. The molecule has 26 heavy (non-hydrogen) atoms. The number of hydrogen-bond acceptors (Lipinski definition) is 4. The molecule has 5 heteroatoms. The number of furan rings is 1. The topological polar surface area (TPSA) is 68.5 Å². The van der Waals surface area contributed by atoms with Gasteiger partial charge in [0.15, 0.2) is 0 Å². The third-order valence-electron chi connectivity index (χ3n) is 4.34. The Labute approximate surface area is 152 Å². The number of rotatable bonds is 6. The number of methoxy groups -OCH3 is 1. The second-order valence-electron chi connectivity index (χ2n) is 6.09. The number of amides is 1. The number of esters is 1. The smallest absolute Gasteiger partial charge is 0.337 e. The number of carbonyl (C=O) groups is 2. The highest BCUT2D eigenvalue weighted by molar-refractivity contribution is 5.89. The molecule has 0 radical (unpaired) electrons. The molecule has 3 rings (SSSR count). The van der Waals surface area contributed by atoms with Crippen LogP contribution in [0.2, 0.25) is 0 Å². The van der Waals surface area contributed by atoms with Crippen LogP contribution in [-0.4, -0.2) is 19.0 Å². The van der Waals surface area contributed by atoms with Crippen molar-refractivity contribution in [1.82, 2.24) is 5.32 Å². The fourth-order valence-electron chi connectivity index (χ4n) is 2.80. The van der Waals surface area contributed by atoms with Crippen LogP contribution in [0.25, 0.3) is 11.0 Å². The molecule has 0 spiro atoms. The summed E-state index contributed by atoms with van der Waals surface area (Å²) in [5, 5.41) is 3.86. The molecule has 0 saturated heterocycles. The molecule has 1 aromatic heterocycles. The lowest BCUT2D eigenvalue weighted by atomic mass is 10.1. The van der Waals surface area contributed by atoms with Crippen LogP contribution in [0.1, 0.15) is 34.0 Å². The second kappa shape index (κ2) is 7.87. The van der Waals surface area contributed by atoms with Crippen LogP contribution < -0.4 is 5.32 Å². The second-order valence-corrected chi connectivity index (χ2v) is 6.09. The molecule has 0 unspecified atom stereocenters. The van der Waals surface area contributed by atoms with Gasteiger partial charge in [-0.3, -0.25) is 4.79 Å². The molecular formula is C21H21NO4. The average molecular weight is 351 g/mol. The maximum absolute atomic E-state index is 12.2. The number of hydrogen-bond donors (Lipinski definition) is 1. The van der Waals surface area contributed by atoms with E-state index in [1.807, 2.05) is 12.1 Å². The van der Waals surface area contributed by atoms with Gasteiger partial charge in [-0.25, -0.2) is 4.79 Å². The maximum atomic E-state index is 12.2. The van der Waals surface area contributed by atoms with Gasteiger partial charge in [-0.2, -0.15) is 0 Å². The summed E-state index contributed by atoms with van der Waals surface area (Å²) >= 11 is 0. The standard InChI is InChI=1S/C21H21NO4/c1-3-14-6-9-18-17(13-26-19(18)10-14)11-20(23)22-12-15-4-7-16(8-5-15)21(24)25-2/h4-10,13H,3,11-12H2,1-2H3,(H,22,23). The highest BCUT2D eigenvalue weighted by Crippen LogP contribution is 2.23. The van der Waals surface area contributed by atoms with Gasteiger partial charge < -0.3 is 14.5 Å². The van der Waals surface area contributed by atoms with Crippen molar-refractivity contribution < 1.29 is 18.7 Å². The largest absolute Gasteiger partial charge is 0.465 e. The number of nitrogens with one attached hydrogen (secondary N) is 1. The lowest BCUT2D eigenvalue weighted by Crippen LogP contribution is -2.24. The summed E-state index contributed by atoms with van der Waals surface area (Å²) in [6, 6.07) is 13.0. The molecule has 0 atom stereocenters. The Kier molecular flexibility index (Phi) is 5.37. The first-order chi connectivity index (χ1) is 12.6. The third-order valence-corrected chi connectivity index (χ3v) is 4.34. The normalized spacial score (nSPS) is 10.7. The molecule has 0 bridgehead atoms. The summed E-state index contributed by atoms with van der Waals surface area (Å²) in [7, 11) is 1.35. The average Bonchev–Trinajstić information content (AvgIpc) is 3.08. The number of carbonyl (C=O) groups excluding carboxylic acids is 2. The van der Waals surface area contributed by atoms with Crippen molar-refractivity contribution in [2.75, 3.05) is 7.11 Å². The predicted molar refractivity (Wildman–Crippen MR) is 98.9 cm³/mol. The van der Waals surface area contributed by atoms with Crippen LogP contribution >= 0.6 is 0 Å². The molecule has 134 valence electrons. The quantitative estimate of drug-likeness (QED) is 0.689. The lowest BCUT2D eigenvalue weighted by Gasteiger charge is -2.06. The minimum absolute atomic E-state index is 0.0793. The minimum Gasteiger partial charge on any atom is -0.465 e. The molecule has 0 saturated carbocycles. The minimum atomic E-state index is -0.376. The van der Waals surface area contributed by atoms with E-state index < -0.39 is 0 Å². The van der Waals surface area contributed by atoms with Gasteiger partial charge in [-0.1, -0.05) is 31.2 Å². The van der Waals surface area contributed by atoms with Crippen molar-refractivity contribution in [1.29, 1.82) is 0 Å². The van der Waals surface area contributed by atoms with Crippen molar-refractivity contribution in [3.63, 3.8) is 0 Å². The van der Waals surface area contributed by atoms with E-state index in [9.17, 15) is 9.59 Å². The number of ether oxygens (including phenoxy) is 1. The Morgan fingerprint density at radius 2 is 1.81 bits per heavy atom. The van der Waals surface area contributed by atoms with Crippen molar-refractivity contribution in [3.05, 3.63) is 71.0 Å². The lowest BCUT2D eigenvalue weighted by molar-refractivity contribution is -0.120. The van der Waals surface area contributed by atoms with Gasteiger partial charge in [0.25, 0.3) is 0 Å². The molecule has 0 aliphatic rings. The molecule has 0 aliphatic heterocycles. The first kappa shape index (κ1) is 17.7. The van der Waals surface area contributed by atoms with Crippen molar-refractivity contribution in [2.24, 2.45) is 0 Å². The van der Waals surface area contributed by atoms with Gasteiger partial charge in [-0.15, -0.1) is 0 Å². The monoisotopic (exact) mass is 351 g/mol. The molecule has 1 heterocycles. The fourth-order valence-corrected chi connectivity index (χ4v) is 2.80. The summed E-state index contributed by atoms with van der Waals surface area (Å²) in [6.07, 6.45) is 2.86. The van der Waals surface area contributed by atoms with Crippen LogP contribution in [0.3, 0.4) is 0 Å². The first-order valence-corrected chi connectivity index (χ1v) is 8.53. The third kappa shape index (κ3) is 3.94. The number of aryl methyl sites for hydroxylation is 1. The van der Waals surface area contributed by atoms with Crippen LogP contribution in [0.5, 0.6) is 0 Å². The van der Waals surface area contributed by atoms with Gasteiger partial charge >= 0.3 is 5.97 Å². The van der Waals surface area contributed by atoms with Crippen molar-refractivity contribution in [3.8, 4) is 0 Å². The molecule has 5 nitrogen and oxygen atoms in total. The van der Waals surface area contributed by atoms with Crippen LogP contribution in [0.15, 0.2) is 53.1 Å². The van der Waals surface area contributed by atoms with Crippen LogP contribution in [0, 0.1) is 0 Å². The Bertz CT molecular complexity index is 925. The molecule has 3 aromatic rings. The predicted octanol–water partition coefficient (Wildman–Crippen LogP) is 3.64. The van der Waals surface area contributed by atoms with E-state index in [1.54, 1.807) is 30.5 Å². The summed E-state index contributed by atoms with van der Waals surface area (Å²) < 4.78 is 10.2. The zero-order valence-corrected chi connectivity index (χ0v) is 14.9.